The summed E-state index contributed by atoms with van der Waals surface area (Å²) in [5, 5.41) is 7.95. The van der Waals surface area contributed by atoms with E-state index in [4.69, 9.17) is 9.73 Å². The number of thiazole rings is 1. The Bertz CT molecular complexity index is 770. The van der Waals surface area contributed by atoms with Crippen LogP contribution in [0.4, 0.5) is 0 Å². The third kappa shape index (κ3) is 7.42. The van der Waals surface area contributed by atoms with Crippen LogP contribution >= 0.6 is 11.3 Å². The van der Waals surface area contributed by atoms with Crippen molar-refractivity contribution in [2.24, 2.45) is 4.99 Å². The number of hydrogen-bond donors (Lipinski definition) is 2. The van der Waals surface area contributed by atoms with Crippen LogP contribution in [-0.4, -0.2) is 55.2 Å². The molecule has 0 unspecified atom stereocenters. The van der Waals surface area contributed by atoms with Crippen molar-refractivity contribution < 1.29 is 4.74 Å². The number of rotatable bonds is 9. The normalized spacial score (nSPS) is 15.4. The first-order chi connectivity index (χ1) is 14.3. The zero-order chi connectivity index (χ0) is 20.3. The Balaban J connectivity index is 1.51. The van der Waals surface area contributed by atoms with Crippen LogP contribution in [0, 0.1) is 0 Å². The predicted octanol–water partition coefficient (Wildman–Crippen LogP) is 2.84. The van der Waals surface area contributed by atoms with Crippen molar-refractivity contribution in [1.82, 2.24) is 20.5 Å². The summed E-state index contributed by atoms with van der Waals surface area (Å²) in [5.74, 6) is 0.860. The van der Waals surface area contributed by atoms with Gasteiger partial charge >= 0.3 is 0 Å². The van der Waals surface area contributed by atoms with Crippen LogP contribution in [0.3, 0.4) is 0 Å². The fourth-order valence-electron chi connectivity index (χ4n) is 3.27. The highest BCUT2D eigenvalue weighted by Crippen LogP contribution is 2.13. The Morgan fingerprint density at radius 3 is 2.79 bits per heavy atom. The number of guanidine groups is 1. The molecule has 0 atom stereocenters. The van der Waals surface area contributed by atoms with Crippen molar-refractivity contribution in [3.8, 4) is 0 Å². The van der Waals surface area contributed by atoms with Crippen LogP contribution in [0.5, 0.6) is 0 Å². The van der Waals surface area contributed by atoms with Crippen molar-refractivity contribution >= 4 is 17.3 Å². The zero-order valence-electron chi connectivity index (χ0n) is 17.6. The van der Waals surface area contributed by atoms with Crippen molar-refractivity contribution in [1.29, 1.82) is 0 Å². The average molecular weight is 416 g/mol. The summed E-state index contributed by atoms with van der Waals surface area (Å²) in [6, 6.07) is 8.75. The maximum absolute atomic E-state index is 5.44. The lowest BCUT2D eigenvalue weighted by Crippen LogP contribution is -2.38. The lowest BCUT2D eigenvalue weighted by Gasteiger charge is -2.26. The predicted molar refractivity (Wildman–Crippen MR) is 121 cm³/mol. The molecule has 6 nitrogen and oxygen atoms in total. The number of morpholine rings is 1. The maximum Gasteiger partial charge on any atom is 0.191 e. The van der Waals surface area contributed by atoms with Crippen LogP contribution < -0.4 is 10.6 Å². The monoisotopic (exact) mass is 415 g/mol. The van der Waals surface area contributed by atoms with Crippen LogP contribution in [0.2, 0.25) is 0 Å². The molecule has 1 saturated heterocycles. The van der Waals surface area contributed by atoms with Gasteiger partial charge in [0, 0.05) is 50.2 Å². The number of benzene rings is 1. The molecule has 7 heteroatoms. The average Bonchev–Trinajstić information content (AvgIpc) is 3.21. The van der Waals surface area contributed by atoms with Gasteiger partial charge in [-0.25, -0.2) is 9.98 Å². The van der Waals surface area contributed by atoms with Gasteiger partial charge in [-0.2, -0.15) is 0 Å². The van der Waals surface area contributed by atoms with Crippen LogP contribution in [0.25, 0.3) is 0 Å². The maximum atomic E-state index is 5.44. The number of aryl methyl sites for hydroxylation is 1. The number of ether oxygens (including phenoxy) is 1. The van der Waals surface area contributed by atoms with E-state index < -0.39 is 0 Å². The SMILES string of the molecule is CCNC(=NCc1cccc(CN2CCOCC2)c1)NCCc1ncc(CC)s1. The molecule has 0 amide bonds. The fraction of sp³-hybridized carbons (Fsp3) is 0.545. The number of aliphatic imine (C=N–C) groups is 1. The largest absolute Gasteiger partial charge is 0.379 e. The molecule has 29 heavy (non-hydrogen) atoms. The Morgan fingerprint density at radius 2 is 2.03 bits per heavy atom. The Labute approximate surface area is 178 Å². The molecule has 3 rings (SSSR count). The number of hydrogen-bond acceptors (Lipinski definition) is 5. The van der Waals surface area contributed by atoms with Gasteiger partial charge in [-0.3, -0.25) is 4.90 Å². The van der Waals surface area contributed by atoms with Gasteiger partial charge in [-0.15, -0.1) is 11.3 Å². The molecule has 158 valence electrons. The number of nitrogens with one attached hydrogen (secondary N) is 2. The molecule has 2 aromatic rings. The molecule has 2 N–H and O–H groups in total. The van der Waals surface area contributed by atoms with Crippen LogP contribution in [0.15, 0.2) is 35.5 Å². The lowest BCUT2D eigenvalue weighted by atomic mass is 10.1. The van der Waals surface area contributed by atoms with E-state index in [1.54, 1.807) is 11.3 Å². The summed E-state index contributed by atoms with van der Waals surface area (Å²) in [6.45, 7) is 11.3. The van der Waals surface area contributed by atoms with E-state index in [9.17, 15) is 0 Å². The summed E-state index contributed by atoms with van der Waals surface area (Å²) in [7, 11) is 0. The van der Waals surface area contributed by atoms with Gasteiger partial charge in [0.15, 0.2) is 5.96 Å². The molecule has 0 radical (unpaired) electrons. The third-order valence-electron chi connectivity index (χ3n) is 4.85. The minimum absolute atomic E-state index is 0.670. The molecule has 1 aliphatic heterocycles. The van der Waals surface area contributed by atoms with Crippen LogP contribution in [-0.2, 0) is 30.7 Å². The van der Waals surface area contributed by atoms with Crippen molar-refractivity contribution in [2.75, 3.05) is 39.4 Å². The van der Waals surface area contributed by atoms with E-state index in [0.29, 0.717) is 6.54 Å². The highest BCUT2D eigenvalue weighted by Gasteiger charge is 2.10. The van der Waals surface area contributed by atoms with Gasteiger partial charge in [0.2, 0.25) is 0 Å². The van der Waals surface area contributed by atoms with Gasteiger partial charge in [0.05, 0.1) is 24.8 Å². The highest BCUT2D eigenvalue weighted by atomic mass is 32.1. The first-order valence-corrected chi connectivity index (χ1v) is 11.4. The van der Waals surface area contributed by atoms with Crippen molar-refractivity contribution in [3.63, 3.8) is 0 Å². The second kappa shape index (κ2) is 11.9. The van der Waals surface area contributed by atoms with E-state index in [0.717, 1.165) is 64.7 Å². The zero-order valence-corrected chi connectivity index (χ0v) is 18.4. The van der Waals surface area contributed by atoms with E-state index in [2.05, 4.69) is 58.6 Å². The molecule has 1 aliphatic rings. The number of aromatic nitrogens is 1. The van der Waals surface area contributed by atoms with Gasteiger partial charge in [0.25, 0.3) is 0 Å². The molecule has 0 saturated carbocycles. The standard InChI is InChI=1S/C22H33N5OS/c1-3-20-16-25-21(29-20)8-9-24-22(23-4-2)26-15-18-6-5-7-19(14-18)17-27-10-12-28-13-11-27/h5-7,14,16H,3-4,8-13,15,17H2,1-2H3,(H2,23,24,26). The van der Waals surface area contributed by atoms with E-state index in [-0.39, 0.29) is 0 Å². The van der Waals surface area contributed by atoms with Gasteiger partial charge in [0.1, 0.15) is 0 Å². The molecule has 1 aromatic heterocycles. The minimum atomic E-state index is 0.670. The Kier molecular flexibility index (Phi) is 8.92. The Hall–Kier alpha value is -1.96. The first-order valence-electron chi connectivity index (χ1n) is 10.6. The van der Waals surface area contributed by atoms with E-state index in [1.807, 2.05) is 6.20 Å². The topological polar surface area (TPSA) is 61.8 Å². The summed E-state index contributed by atoms with van der Waals surface area (Å²) in [6.07, 6.45) is 3.97. The summed E-state index contributed by atoms with van der Waals surface area (Å²) >= 11 is 1.80. The molecule has 1 fully saturated rings. The highest BCUT2D eigenvalue weighted by molar-refractivity contribution is 7.11. The van der Waals surface area contributed by atoms with Crippen molar-refractivity contribution in [3.05, 3.63) is 51.5 Å². The summed E-state index contributed by atoms with van der Waals surface area (Å²) in [4.78, 5) is 13.0. The second-order valence-electron chi connectivity index (χ2n) is 7.15. The molecule has 0 spiro atoms. The first kappa shape index (κ1) is 21.7. The second-order valence-corrected chi connectivity index (χ2v) is 8.35. The Morgan fingerprint density at radius 1 is 1.21 bits per heavy atom. The van der Waals surface area contributed by atoms with Gasteiger partial charge in [-0.1, -0.05) is 31.2 Å². The quantitative estimate of drug-likeness (QED) is 0.487. The molecular formula is C22H33N5OS. The van der Waals surface area contributed by atoms with Crippen molar-refractivity contribution in [2.45, 2.75) is 39.8 Å². The molecule has 2 heterocycles. The van der Waals surface area contributed by atoms with Gasteiger partial charge in [-0.05, 0) is 24.5 Å². The minimum Gasteiger partial charge on any atom is -0.379 e. The molecule has 0 bridgehead atoms. The molecule has 0 aliphatic carbocycles. The summed E-state index contributed by atoms with van der Waals surface area (Å²) < 4.78 is 5.44. The molecule has 1 aromatic carbocycles. The summed E-state index contributed by atoms with van der Waals surface area (Å²) in [5.41, 5.74) is 2.58. The van der Waals surface area contributed by atoms with Gasteiger partial charge < -0.3 is 15.4 Å². The fourth-order valence-corrected chi connectivity index (χ4v) is 4.13. The lowest BCUT2D eigenvalue weighted by molar-refractivity contribution is 0.0342. The van der Waals surface area contributed by atoms with E-state index >= 15 is 0 Å². The number of nitrogens with zero attached hydrogens (tertiary/aromatic N) is 3. The van der Waals surface area contributed by atoms with Crippen LogP contribution in [0.1, 0.15) is 34.9 Å². The van der Waals surface area contributed by atoms with E-state index in [1.165, 1.54) is 21.0 Å². The smallest absolute Gasteiger partial charge is 0.191 e. The third-order valence-corrected chi connectivity index (χ3v) is 6.05. The molecular weight excluding hydrogens is 382 g/mol.